The van der Waals surface area contributed by atoms with Crippen molar-refractivity contribution in [1.82, 2.24) is 9.66 Å². The first-order chi connectivity index (χ1) is 14.6. The maximum Gasteiger partial charge on any atom is 0.282 e. The van der Waals surface area contributed by atoms with Crippen molar-refractivity contribution in [2.24, 2.45) is 5.10 Å². The molecule has 0 fully saturated rings. The van der Waals surface area contributed by atoms with Crippen LogP contribution in [0.25, 0.3) is 10.9 Å². The number of aromatic nitrogens is 2. The molecule has 4 aromatic rings. The number of ether oxygens (including phenoxy) is 1. The second kappa shape index (κ2) is 8.61. The second-order valence-corrected chi connectivity index (χ2v) is 6.99. The number of para-hydroxylation sites is 2. The fourth-order valence-corrected chi connectivity index (χ4v) is 3.03. The van der Waals surface area contributed by atoms with Crippen molar-refractivity contribution in [1.29, 1.82) is 0 Å². The summed E-state index contributed by atoms with van der Waals surface area (Å²) in [5.74, 6) is 1.14. The van der Waals surface area contributed by atoms with Crippen LogP contribution in [0.1, 0.15) is 11.4 Å². The highest BCUT2D eigenvalue weighted by Gasteiger charge is 2.11. The van der Waals surface area contributed by atoms with Crippen LogP contribution in [0, 0.1) is 0 Å². The van der Waals surface area contributed by atoms with E-state index < -0.39 is 0 Å². The first-order valence-electron chi connectivity index (χ1n) is 9.62. The van der Waals surface area contributed by atoms with E-state index in [0.29, 0.717) is 22.5 Å². The maximum atomic E-state index is 13.1. The molecule has 0 aliphatic rings. The van der Waals surface area contributed by atoms with Gasteiger partial charge in [0.05, 0.1) is 17.1 Å². The van der Waals surface area contributed by atoms with Gasteiger partial charge in [0, 0.05) is 19.8 Å². The minimum atomic E-state index is -0.228. The number of benzene rings is 3. The Labute approximate surface area is 174 Å². The zero-order valence-corrected chi connectivity index (χ0v) is 16.9. The van der Waals surface area contributed by atoms with Crippen LogP contribution in [0.2, 0.25) is 0 Å². The van der Waals surface area contributed by atoms with Crippen LogP contribution < -0.4 is 15.2 Å². The van der Waals surface area contributed by atoms with Crippen molar-refractivity contribution < 1.29 is 4.74 Å². The van der Waals surface area contributed by atoms with Crippen LogP contribution in [-0.4, -0.2) is 30.0 Å². The number of rotatable bonds is 6. The minimum absolute atomic E-state index is 0.126. The summed E-state index contributed by atoms with van der Waals surface area (Å²) in [6.45, 7) is 0.126. The molecule has 0 radical (unpaired) electrons. The lowest BCUT2D eigenvalue weighted by atomic mass is 10.2. The topological polar surface area (TPSA) is 59.7 Å². The van der Waals surface area contributed by atoms with Crippen molar-refractivity contribution in [2.45, 2.75) is 6.61 Å². The highest BCUT2D eigenvalue weighted by Crippen LogP contribution is 2.14. The summed E-state index contributed by atoms with van der Waals surface area (Å²) in [4.78, 5) is 19.7. The molecule has 0 N–H and O–H groups in total. The third-order valence-electron chi connectivity index (χ3n) is 4.66. The van der Waals surface area contributed by atoms with Gasteiger partial charge in [0.2, 0.25) is 0 Å². The van der Waals surface area contributed by atoms with E-state index in [-0.39, 0.29) is 12.2 Å². The van der Waals surface area contributed by atoms with Gasteiger partial charge < -0.3 is 9.64 Å². The standard InChI is InChI=1S/C24H22N4O2/c1-27(2)19-14-12-18(13-15-19)16-25-28-23(17-30-20-8-4-3-5-9-20)26-22-11-7-6-10-21(22)24(28)29/h3-16H,17H2,1-2H3/b25-16-. The van der Waals surface area contributed by atoms with Gasteiger partial charge in [-0.3, -0.25) is 4.79 Å². The Bertz CT molecular complexity index is 1230. The van der Waals surface area contributed by atoms with Gasteiger partial charge in [-0.15, -0.1) is 0 Å². The van der Waals surface area contributed by atoms with Crippen molar-refractivity contribution in [3.8, 4) is 5.75 Å². The van der Waals surface area contributed by atoms with Gasteiger partial charge >= 0.3 is 0 Å². The molecule has 0 unspecified atom stereocenters. The predicted molar refractivity (Wildman–Crippen MR) is 121 cm³/mol. The van der Waals surface area contributed by atoms with Crippen LogP contribution in [0.4, 0.5) is 5.69 Å². The zero-order chi connectivity index (χ0) is 20.9. The lowest BCUT2D eigenvalue weighted by molar-refractivity contribution is 0.289. The largest absolute Gasteiger partial charge is 0.486 e. The molecule has 6 heteroatoms. The van der Waals surface area contributed by atoms with E-state index in [0.717, 1.165) is 11.3 Å². The molecule has 0 bridgehead atoms. The number of anilines is 1. The molecular formula is C24H22N4O2. The molecule has 0 spiro atoms. The van der Waals surface area contributed by atoms with Gasteiger partial charge in [0.15, 0.2) is 5.82 Å². The number of hydrogen-bond donors (Lipinski definition) is 0. The maximum absolute atomic E-state index is 13.1. The highest BCUT2D eigenvalue weighted by molar-refractivity contribution is 5.81. The van der Waals surface area contributed by atoms with E-state index in [9.17, 15) is 4.79 Å². The van der Waals surface area contributed by atoms with Crippen LogP contribution in [0.3, 0.4) is 0 Å². The van der Waals surface area contributed by atoms with E-state index in [1.54, 1.807) is 12.3 Å². The zero-order valence-electron chi connectivity index (χ0n) is 16.9. The lowest BCUT2D eigenvalue weighted by Crippen LogP contribution is -2.23. The summed E-state index contributed by atoms with van der Waals surface area (Å²) in [7, 11) is 3.98. The molecule has 3 aromatic carbocycles. The molecule has 0 aliphatic heterocycles. The molecule has 4 rings (SSSR count). The van der Waals surface area contributed by atoms with Crippen LogP contribution in [0.15, 0.2) is 88.8 Å². The van der Waals surface area contributed by atoms with Crippen LogP contribution in [0.5, 0.6) is 5.75 Å². The number of fused-ring (bicyclic) bond motifs is 1. The van der Waals surface area contributed by atoms with Gasteiger partial charge in [-0.05, 0) is 42.0 Å². The van der Waals surface area contributed by atoms with Crippen LogP contribution >= 0.6 is 0 Å². The summed E-state index contributed by atoms with van der Waals surface area (Å²) in [6.07, 6.45) is 1.66. The molecule has 0 saturated carbocycles. The molecule has 1 aromatic heterocycles. The molecular weight excluding hydrogens is 376 g/mol. The first-order valence-corrected chi connectivity index (χ1v) is 9.62. The molecule has 0 atom stereocenters. The Morgan fingerprint density at radius 2 is 1.67 bits per heavy atom. The quantitative estimate of drug-likeness (QED) is 0.462. The number of hydrogen-bond acceptors (Lipinski definition) is 5. The van der Waals surface area contributed by atoms with Crippen molar-refractivity contribution in [3.05, 3.63) is 101 Å². The molecule has 0 amide bonds. The summed E-state index contributed by atoms with van der Waals surface area (Å²) >= 11 is 0. The van der Waals surface area contributed by atoms with Gasteiger partial charge in [-0.2, -0.15) is 9.78 Å². The smallest absolute Gasteiger partial charge is 0.282 e. The van der Waals surface area contributed by atoms with Crippen LogP contribution in [-0.2, 0) is 6.61 Å². The first kappa shape index (κ1) is 19.4. The normalized spacial score (nSPS) is 11.1. The van der Waals surface area contributed by atoms with E-state index in [1.807, 2.05) is 91.8 Å². The Balaban J connectivity index is 1.70. The predicted octanol–water partition coefficient (Wildman–Crippen LogP) is 3.92. The Morgan fingerprint density at radius 1 is 0.967 bits per heavy atom. The van der Waals surface area contributed by atoms with E-state index in [2.05, 4.69) is 10.1 Å². The fourth-order valence-electron chi connectivity index (χ4n) is 3.03. The van der Waals surface area contributed by atoms with Gasteiger partial charge in [0.25, 0.3) is 5.56 Å². The summed E-state index contributed by atoms with van der Waals surface area (Å²) in [6, 6.07) is 24.6. The molecule has 0 aliphatic carbocycles. The van der Waals surface area contributed by atoms with Gasteiger partial charge in [-0.25, -0.2) is 4.98 Å². The lowest BCUT2D eigenvalue weighted by Gasteiger charge is -2.12. The SMILES string of the molecule is CN(C)c1ccc(/C=N\n2c(COc3ccccc3)nc3ccccc3c2=O)cc1. The molecule has 30 heavy (non-hydrogen) atoms. The number of nitrogens with zero attached hydrogens (tertiary/aromatic N) is 4. The van der Waals surface area contributed by atoms with Crippen molar-refractivity contribution in [3.63, 3.8) is 0 Å². The average molecular weight is 398 g/mol. The third kappa shape index (κ3) is 4.22. The monoisotopic (exact) mass is 398 g/mol. The summed E-state index contributed by atoms with van der Waals surface area (Å²) < 4.78 is 7.14. The van der Waals surface area contributed by atoms with E-state index in [1.165, 1.54) is 4.68 Å². The fraction of sp³-hybridized carbons (Fsp3) is 0.125. The van der Waals surface area contributed by atoms with Crippen molar-refractivity contribution >= 4 is 22.8 Å². The Hall–Kier alpha value is -3.93. The van der Waals surface area contributed by atoms with Crippen molar-refractivity contribution in [2.75, 3.05) is 19.0 Å². The summed E-state index contributed by atoms with van der Waals surface area (Å²) in [5, 5.41) is 4.95. The van der Waals surface area contributed by atoms with E-state index >= 15 is 0 Å². The van der Waals surface area contributed by atoms with Gasteiger partial charge in [-0.1, -0.05) is 42.5 Å². The Kier molecular flexibility index (Phi) is 5.57. The van der Waals surface area contributed by atoms with Gasteiger partial charge in [0.1, 0.15) is 12.4 Å². The molecule has 6 nitrogen and oxygen atoms in total. The molecule has 150 valence electrons. The Morgan fingerprint density at radius 3 is 2.40 bits per heavy atom. The highest BCUT2D eigenvalue weighted by atomic mass is 16.5. The average Bonchev–Trinajstić information content (AvgIpc) is 2.78. The third-order valence-corrected chi connectivity index (χ3v) is 4.66. The molecule has 0 saturated heterocycles. The minimum Gasteiger partial charge on any atom is -0.486 e. The molecule has 1 heterocycles. The second-order valence-electron chi connectivity index (χ2n) is 6.99. The van der Waals surface area contributed by atoms with E-state index in [4.69, 9.17) is 4.74 Å². The summed E-state index contributed by atoms with van der Waals surface area (Å²) in [5.41, 5.74) is 2.37.